The lowest BCUT2D eigenvalue weighted by atomic mass is 10.1. The molecule has 1 N–H and O–H groups in total. The molecule has 196 valence electrons. The van der Waals surface area contributed by atoms with Crippen molar-refractivity contribution in [3.05, 3.63) is 58.6 Å². The first-order valence-corrected chi connectivity index (χ1v) is 12.5. The minimum Gasteiger partial charge on any atom is -0.493 e. The summed E-state index contributed by atoms with van der Waals surface area (Å²) in [5, 5.41) is 3.54. The highest BCUT2D eigenvalue weighted by Gasteiger charge is 2.24. The molecule has 0 radical (unpaired) electrons. The number of likely N-dealkylation sites (N-methyl/N-ethyl adjacent to an activating group) is 1. The van der Waals surface area contributed by atoms with Gasteiger partial charge in [0, 0.05) is 50.0 Å². The molecule has 0 saturated carbocycles. The molecule has 8 nitrogen and oxygen atoms in total. The first-order chi connectivity index (χ1) is 17.8. The average Bonchev–Trinajstić information content (AvgIpc) is 2.89. The number of carbonyl (C=O) groups is 1. The number of anilines is 2. The highest BCUT2D eigenvalue weighted by atomic mass is 35.5. The molecule has 0 aliphatic carbocycles. The highest BCUT2D eigenvalue weighted by Crippen LogP contribution is 2.37. The molecule has 0 spiro atoms. The van der Waals surface area contributed by atoms with Gasteiger partial charge < -0.3 is 24.6 Å². The first-order valence-electron chi connectivity index (χ1n) is 11.8. The molecule has 37 heavy (non-hydrogen) atoms. The Hall–Kier alpha value is -3.14. The SMILES string of the molecule is COc1cc2ncnc(Nc3ccc(Cl)c(Cl)c3F)c2cc1OC1CCN(C(=O)/C=C/CN(C)C)CC1. The van der Waals surface area contributed by atoms with E-state index in [0.717, 1.165) is 0 Å². The molecule has 1 aliphatic rings. The second-order valence-corrected chi connectivity index (χ2v) is 9.68. The minimum absolute atomic E-state index is 0.00554. The topological polar surface area (TPSA) is 79.8 Å². The quantitative estimate of drug-likeness (QED) is 0.302. The number of ether oxygens (including phenoxy) is 2. The van der Waals surface area contributed by atoms with Gasteiger partial charge in [0.15, 0.2) is 17.3 Å². The number of fused-ring (bicyclic) bond motifs is 1. The maximum atomic E-state index is 14.6. The van der Waals surface area contributed by atoms with Gasteiger partial charge in [0.1, 0.15) is 18.2 Å². The third-order valence-corrected chi connectivity index (χ3v) is 6.77. The van der Waals surface area contributed by atoms with E-state index < -0.39 is 5.82 Å². The van der Waals surface area contributed by atoms with Crippen molar-refractivity contribution in [3.63, 3.8) is 0 Å². The van der Waals surface area contributed by atoms with Crippen molar-refractivity contribution in [1.29, 1.82) is 0 Å². The number of benzene rings is 2. The zero-order valence-corrected chi connectivity index (χ0v) is 22.3. The maximum Gasteiger partial charge on any atom is 0.246 e. The molecule has 0 bridgehead atoms. The summed E-state index contributed by atoms with van der Waals surface area (Å²) in [5.41, 5.74) is 0.719. The third kappa shape index (κ3) is 6.41. The van der Waals surface area contributed by atoms with Crippen molar-refractivity contribution in [2.75, 3.05) is 46.2 Å². The summed E-state index contributed by atoms with van der Waals surface area (Å²) in [6, 6.07) is 6.51. The standard InChI is InChI=1S/C26H28Cl2FN5O3/c1-33(2)10-4-5-23(35)34-11-8-16(9-12-34)37-22-13-17-20(14-21(22)36-3)30-15-31-26(17)32-19-7-6-18(27)24(28)25(19)29/h4-7,13-16H,8-12H2,1-3H3,(H,30,31,32)/b5-4+. The van der Waals surface area contributed by atoms with E-state index in [9.17, 15) is 9.18 Å². The van der Waals surface area contributed by atoms with Crippen molar-refractivity contribution < 1.29 is 18.7 Å². The largest absolute Gasteiger partial charge is 0.493 e. The molecule has 1 fully saturated rings. The summed E-state index contributed by atoms with van der Waals surface area (Å²) in [6.07, 6.45) is 6.12. The normalized spacial score (nSPS) is 14.5. The van der Waals surface area contributed by atoms with Gasteiger partial charge in [-0.3, -0.25) is 4.79 Å². The number of rotatable bonds is 8. The van der Waals surface area contributed by atoms with Gasteiger partial charge in [0.2, 0.25) is 5.91 Å². The van der Waals surface area contributed by atoms with Crippen LogP contribution >= 0.6 is 23.2 Å². The maximum absolute atomic E-state index is 14.6. The predicted molar refractivity (Wildman–Crippen MR) is 144 cm³/mol. The Morgan fingerprint density at radius 1 is 1.22 bits per heavy atom. The van der Waals surface area contributed by atoms with Crippen molar-refractivity contribution in [2.45, 2.75) is 18.9 Å². The summed E-state index contributed by atoms with van der Waals surface area (Å²) in [7, 11) is 5.46. The molecule has 1 aliphatic heterocycles. The van der Waals surface area contributed by atoms with Crippen LogP contribution in [0.25, 0.3) is 10.9 Å². The number of likely N-dealkylation sites (tertiary alicyclic amines) is 1. The summed E-state index contributed by atoms with van der Waals surface area (Å²) in [4.78, 5) is 24.9. The zero-order chi connectivity index (χ0) is 26.5. The number of hydrogen-bond acceptors (Lipinski definition) is 7. The monoisotopic (exact) mass is 547 g/mol. The number of amides is 1. The highest BCUT2D eigenvalue weighted by molar-refractivity contribution is 6.42. The predicted octanol–water partition coefficient (Wildman–Crippen LogP) is 5.32. The van der Waals surface area contributed by atoms with Crippen LogP contribution in [0.5, 0.6) is 11.5 Å². The summed E-state index contributed by atoms with van der Waals surface area (Å²) in [6.45, 7) is 1.90. The molecule has 11 heteroatoms. The van der Waals surface area contributed by atoms with E-state index in [4.69, 9.17) is 32.7 Å². The van der Waals surface area contributed by atoms with Crippen LogP contribution in [0.1, 0.15) is 12.8 Å². The van der Waals surface area contributed by atoms with E-state index in [0.29, 0.717) is 60.7 Å². The van der Waals surface area contributed by atoms with Gasteiger partial charge in [-0.1, -0.05) is 29.3 Å². The first kappa shape index (κ1) is 26.9. The Labute approximate surface area is 225 Å². The van der Waals surface area contributed by atoms with Crippen molar-refractivity contribution in [3.8, 4) is 11.5 Å². The Morgan fingerprint density at radius 3 is 2.68 bits per heavy atom. The lowest BCUT2D eigenvalue weighted by Crippen LogP contribution is -2.41. The number of carbonyl (C=O) groups excluding carboxylic acids is 1. The van der Waals surface area contributed by atoms with Crippen molar-refractivity contribution in [1.82, 2.24) is 19.8 Å². The fraction of sp³-hybridized carbons (Fsp3) is 0.346. The van der Waals surface area contributed by atoms with Crippen LogP contribution in [-0.4, -0.2) is 72.6 Å². The fourth-order valence-electron chi connectivity index (χ4n) is 4.01. The molecular weight excluding hydrogens is 520 g/mol. The molecule has 2 aromatic carbocycles. The molecule has 0 unspecified atom stereocenters. The van der Waals surface area contributed by atoms with E-state index in [2.05, 4.69) is 15.3 Å². The minimum atomic E-state index is -0.677. The second-order valence-electron chi connectivity index (χ2n) is 8.90. The van der Waals surface area contributed by atoms with Crippen molar-refractivity contribution in [2.24, 2.45) is 0 Å². The molecule has 1 saturated heterocycles. The number of nitrogens with zero attached hydrogens (tertiary/aromatic N) is 4. The van der Waals surface area contributed by atoms with E-state index in [-0.39, 0.29) is 27.7 Å². The fourth-order valence-corrected chi connectivity index (χ4v) is 4.32. The van der Waals surface area contributed by atoms with E-state index in [1.807, 2.05) is 30.0 Å². The van der Waals surface area contributed by atoms with Gasteiger partial charge in [0.25, 0.3) is 0 Å². The van der Waals surface area contributed by atoms with Gasteiger partial charge in [-0.2, -0.15) is 0 Å². The number of aromatic nitrogens is 2. The van der Waals surface area contributed by atoms with Crippen LogP contribution in [0.4, 0.5) is 15.9 Å². The lowest BCUT2D eigenvalue weighted by Gasteiger charge is -2.32. The summed E-state index contributed by atoms with van der Waals surface area (Å²) in [5.74, 6) is 0.732. The molecule has 1 aromatic heterocycles. The molecular formula is C26H28Cl2FN5O3. The molecule has 4 rings (SSSR count). The van der Waals surface area contributed by atoms with Crippen LogP contribution in [0.2, 0.25) is 10.0 Å². The van der Waals surface area contributed by atoms with E-state index >= 15 is 0 Å². The van der Waals surface area contributed by atoms with Crippen LogP contribution in [-0.2, 0) is 4.79 Å². The molecule has 2 heterocycles. The Kier molecular flexibility index (Phi) is 8.68. The van der Waals surface area contributed by atoms with Gasteiger partial charge in [-0.15, -0.1) is 0 Å². The van der Waals surface area contributed by atoms with Crippen LogP contribution < -0.4 is 14.8 Å². The van der Waals surface area contributed by atoms with Crippen LogP contribution in [0, 0.1) is 5.82 Å². The van der Waals surface area contributed by atoms with Gasteiger partial charge in [-0.25, -0.2) is 14.4 Å². The van der Waals surface area contributed by atoms with E-state index in [1.165, 1.54) is 18.5 Å². The molecule has 0 atom stereocenters. The number of piperidine rings is 1. The zero-order valence-electron chi connectivity index (χ0n) is 20.8. The van der Waals surface area contributed by atoms with Gasteiger partial charge in [-0.05, 0) is 32.3 Å². The summed E-state index contributed by atoms with van der Waals surface area (Å²) >= 11 is 11.9. The van der Waals surface area contributed by atoms with Crippen molar-refractivity contribution >= 4 is 51.5 Å². The number of halogens is 3. The average molecular weight is 548 g/mol. The number of nitrogens with one attached hydrogen (secondary N) is 1. The second kappa shape index (κ2) is 11.9. The Bertz CT molecular complexity index is 1310. The molecule has 1 amide bonds. The van der Waals surface area contributed by atoms with Crippen LogP contribution in [0.3, 0.4) is 0 Å². The van der Waals surface area contributed by atoms with Gasteiger partial charge >= 0.3 is 0 Å². The smallest absolute Gasteiger partial charge is 0.246 e. The third-order valence-electron chi connectivity index (χ3n) is 5.99. The van der Waals surface area contributed by atoms with Gasteiger partial charge in [0.05, 0.1) is 28.4 Å². The summed E-state index contributed by atoms with van der Waals surface area (Å²) < 4.78 is 26.5. The Balaban J connectivity index is 1.51. The number of methoxy groups -OCH3 is 1. The number of hydrogen-bond donors (Lipinski definition) is 1. The Morgan fingerprint density at radius 2 is 1.97 bits per heavy atom. The van der Waals surface area contributed by atoms with Crippen LogP contribution in [0.15, 0.2) is 42.7 Å². The van der Waals surface area contributed by atoms with E-state index in [1.54, 1.807) is 25.3 Å². The molecule has 3 aromatic rings. The lowest BCUT2D eigenvalue weighted by molar-refractivity contribution is -0.127.